The Bertz CT molecular complexity index is 629. The van der Waals surface area contributed by atoms with E-state index in [1.165, 1.54) is 6.07 Å². The van der Waals surface area contributed by atoms with Gasteiger partial charge in [-0.2, -0.15) is 13.2 Å². The normalized spacial score (nSPS) is 11.7. The van der Waals surface area contributed by atoms with Crippen molar-refractivity contribution >= 4 is 0 Å². The van der Waals surface area contributed by atoms with Gasteiger partial charge in [0.05, 0.1) is 5.56 Å². The van der Waals surface area contributed by atoms with Gasteiger partial charge in [-0.05, 0) is 30.2 Å². The van der Waals surface area contributed by atoms with Crippen LogP contribution in [0.2, 0.25) is 0 Å². The quantitative estimate of drug-likeness (QED) is 0.680. The summed E-state index contributed by atoms with van der Waals surface area (Å²) < 4.78 is 65.8. The topological polar surface area (TPSA) is 0 Å². The third-order valence-electron chi connectivity index (χ3n) is 2.95. The minimum atomic E-state index is -4.65. The maximum Gasteiger partial charge on any atom is 0.417 e. The molecule has 0 bridgehead atoms. The van der Waals surface area contributed by atoms with Gasteiger partial charge in [0.1, 0.15) is 11.6 Å². The van der Waals surface area contributed by atoms with Crippen LogP contribution in [0.15, 0.2) is 30.3 Å². The number of hydrogen-bond acceptors (Lipinski definition) is 0. The summed E-state index contributed by atoms with van der Waals surface area (Å²) in [7, 11) is 0. The second-order valence-electron chi connectivity index (χ2n) is 4.23. The SMILES string of the molecule is CCc1cc[c]c(C(F)(F)F)c1-c1ccc(F)cc1F. The lowest BCUT2D eigenvalue weighted by molar-refractivity contribution is -0.137. The van der Waals surface area contributed by atoms with Gasteiger partial charge in [-0.1, -0.05) is 19.1 Å². The van der Waals surface area contributed by atoms with E-state index >= 15 is 0 Å². The molecule has 2 aromatic carbocycles. The predicted octanol–water partition coefficient (Wildman–Crippen LogP) is 5.01. The highest BCUT2D eigenvalue weighted by molar-refractivity contribution is 5.72. The molecule has 0 amide bonds. The van der Waals surface area contributed by atoms with E-state index in [0.29, 0.717) is 18.1 Å². The van der Waals surface area contributed by atoms with E-state index in [4.69, 9.17) is 0 Å². The van der Waals surface area contributed by atoms with Crippen LogP contribution in [0.4, 0.5) is 22.0 Å². The molecule has 0 fully saturated rings. The van der Waals surface area contributed by atoms with Crippen molar-refractivity contribution in [3.05, 3.63) is 59.2 Å². The highest BCUT2D eigenvalue weighted by atomic mass is 19.4. The van der Waals surface area contributed by atoms with Crippen LogP contribution in [0.5, 0.6) is 0 Å². The third-order valence-corrected chi connectivity index (χ3v) is 2.95. The van der Waals surface area contributed by atoms with Crippen LogP contribution < -0.4 is 0 Å². The van der Waals surface area contributed by atoms with Gasteiger partial charge in [0.25, 0.3) is 0 Å². The summed E-state index contributed by atoms with van der Waals surface area (Å²) >= 11 is 0. The summed E-state index contributed by atoms with van der Waals surface area (Å²) in [5.74, 6) is -1.86. The zero-order valence-electron chi connectivity index (χ0n) is 10.5. The fourth-order valence-electron chi connectivity index (χ4n) is 2.06. The molecule has 2 rings (SSSR count). The van der Waals surface area contributed by atoms with E-state index in [9.17, 15) is 22.0 Å². The first-order valence-corrected chi connectivity index (χ1v) is 5.90. The number of alkyl halides is 3. The van der Waals surface area contributed by atoms with E-state index in [1.54, 1.807) is 6.92 Å². The monoisotopic (exact) mass is 285 g/mol. The van der Waals surface area contributed by atoms with Crippen LogP contribution in [0.3, 0.4) is 0 Å². The molecule has 0 aromatic heterocycles. The Morgan fingerprint density at radius 1 is 1.10 bits per heavy atom. The van der Waals surface area contributed by atoms with Gasteiger partial charge >= 0.3 is 6.18 Å². The highest BCUT2D eigenvalue weighted by Gasteiger charge is 2.35. The van der Waals surface area contributed by atoms with Crippen molar-refractivity contribution in [2.24, 2.45) is 0 Å². The standard InChI is InChI=1S/C15H10F5/c1-2-9-4-3-5-12(15(18,19)20)14(9)11-7-6-10(16)8-13(11)17/h3-4,6-8H,2H2,1H3. The van der Waals surface area contributed by atoms with Gasteiger partial charge in [0.15, 0.2) is 0 Å². The molecule has 0 aliphatic carbocycles. The van der Waals surface area contributed by atoms with Crippen molar-refractivity contribution in [3.8, 4) is 11.1 Å². The molecule has 0 aliphatic rings. The Hall–Kier alpha value is -1.91. The molecule has 0 N–H and O–H groups in total. The lowest BCUT2D eigenvalue weighted by atomic mass is 9.92. The van der Waals surface area contributed by atoms with E-state index in [-0.39, 0.29) is 11.1 Å². The summed E-state index contributed by atoms with van der Waals surface area (Å²) in [5, 5.41) is 0. The fraction of sp³-hybridized carbons (Fsp3) is 0.200. The van der Waals surface area contributed by atoms with Crippen LogP contribution in [0.25, 0.3) is 11.1 Å². The Labute approximate surface area is 112 Å². The van der Waals surface area contributed by atoms with Gasteiger partial charge in [-0.15, -0.1) is 0 Å². The van der Waals surface area contributed by atoms with Crippen molar-refractivity contribution in [2.75, 3.05) is 0 Å². The van der Waals surface area contributed by atoms with Gasteiger partial charge < -0.3 is 0 Å². The van der Waals surface area contributed by atoms with E-state index in [0.717, 1.165) is 18.2 Å². The molecule has 0 aliphatic heterocycles. The molecule has 2 aromatic rings. The average Bonchev–Trinajstić information content (AvgIpc) is 2.37. The van der Waals surface area contributed by atoms with Gasteiger partial charge in [0, 0.05) is 17.2 Å². The van der Waals surface area contributed by atoms with Crippen LogP contribution in [0.1, 0.15) is 18.1 Å². The Balaban J connectivity index is 2.77. The summed E-state index contributed by atoms with van der Waals surface area (Å²) in [6.45, 7) is 1.67. The van der Waals surface area contributed by atoms with Crippen LogP contribution >= 0.6 is 0 Å². The van der Waals surface area contributed by atoms with Crippen LogP contribution in [-0.2, 0) is 12.6 Å². The molecule has 20 heavy (non-hydrogen) atoms. The van der Waals surface area contributed by atoms with E-state index in [2.05, 4.69) is 6.07 Å². The third kappa shape index (κ3) is 2.66. The second-order valence-corrected chi connectivity index (χ2v) is 4.23. The van der Waals surface area contributed by atoms with E-state index < -0.39 is 23.4 Å². The maximum absolute atomic E-state index is 13.8. The van der Waals surface area contributed by atoms with Crippen LogP contribution in [0, 0.1) is 17.7 Å². The predicted molar refractivity (Wildman–Crippen MR) is 65.0 cm³/mol. The number of rotatable bonds is 2. The summed E-state index contributed by atoms with van der Waals surface area (Å²) in [6.07, 6.45) is -4.36. The molecule has 0 spiro atoms. The largest absolute Gasteiger partial charge is 0.417 e. The molecule has 0 saturated carbocycles. The minimum absolute atomic E-state index is 0.271. The first-order chi connectivity index (χ1) is 9.34. The molecule has 1 radical (unpaired) electrons. The van der Waals surface area contributed by atoms with Gasteiger partial charge in [-0.3, -0.25) is 0 Å². The number of benzene rings is 2. The van der Waals surface area contributed by atoms with Gasteiger partial charge in [0.2, 0.25) is 0 Å². The van der Waals surface area contributed by atoms with Crippen molar-refractivity contribution in [1.82, 2.24) is 0 Å². The zero-order valence-corrected chi connectivity index (χ0v) is 10.5. The molecular formula is C15H10F5. The fourth-order valence-corrected chi connectivity index (χ4v) is 2.06. The second kappa shape index (κ2) is 5.23. The molecular weight excluding hydrogens is 275 g/mol. The molecule has 105 valence electrons. The Morgan fingerprint density at radius 2 is 1.80 bits per heavy atom. The first kappa shape index (κ1) is 14.5. The number of hydrogen-bond donors (Lipinski definition) is 0. The molecule has 0 saturated heterocycles. The maximum atomic E-state index is 13.8. The van der Waals surface area contributed by atoms with Crippen LogP contribution in [-0.4, -0.2) is 0 Å². The lowest BCUT2D eigenvalue weighted by Crippen LogP contribution is -2.09. The van der Waals surface area contributed by atoms with Crippen molar-refractivity contribution in [1.29, 1.82) is 0 Å². The highest BCUT2D eigenvalue weighted by Crippen LogP contribution is 2.39. The van der Waals surface area contributed by atoms with E-state index in [1.807, 2.05) is 0 Å². The summed E-state index contributed by atoms with van der Waals surface area (Å²) in [6, 6.07) is 7.24. The minimum Gasteiger partial charge on any atom is -0.207 e. The molecule has 0 nitrogen and oxygen atoms in total. The first-order valence-electron chi connectivity index (χ1n) is 5.90. The molecule has 0 atom stereocenters. The zero-order chi connectivity index (χ0) is 14.9. The number of halogens is 5. The summed E-state index contributed by atoms with van der Waals surface area (Å²) in [4.78, 5) is 0. The van der Waals surface area contributed by atoms with Gasteiger partial charge in [-0.25, -0.2) is 8.78 Å². The summed E-state index contributed by atoms with van der Waals surface area (Å²) in [5.41, 5.74) is -1.25. The van der Waals surface area contributed by atoms with Crippen molar-refractivity contribution < 1.29 is 22.0 Å². The molecule has 5 heteroatoms. The molecule has 0 unspecified atom stereocenters. The average molecular weight is 285 g/mol. The smallest absolute Gasteiger partial charge is 0.207 e. The van der Waals surface area contributed by atoms with Crippen molar-refractivity contribution in [3.63, 3.8) is 0 Å². The Kier molecular flexibility index (Phi) is 3.79. The Morgan fingerprint density at radius 3 is 2.35 bits per heavy atom. The lowest BCUT2D eigenvalue weighted by Gasteiger charge is -2.16. The number of aryl methyl sites for hydroxylation is 1. The van der Waals surface area contributed by atoms with Crippen molar-refractivity contribution in [2.45, 2.75) is 19.5 Å². The molecule has 0 heterocycles.